The monoisotopic (exact) mass is 400 g/mol. The Morgan fingerprint density at radius 1 is 1.31 bits per heavy atom. The van der Waals surface area contributed by atoms with E-state index in [0.717, 1.165) is 42.0 Å². The molecule has 5 nitrogen and oxygen atoms in total. The molecule has 26 heavy (non-hydrogen) atoms. The zero-order valence-electron chi connectivity index (χ0n) is 15.2. The molecule has 1 atom stereocenters. The van der Waals surface area contributed by atoms with E-state index in [1.165, 1.54) is 12.8 Å². The molecule has 0 unspecified atom stereocenters. The number of halogens is 2. The number of aromatic amines is 1. The number of nitrogens with zero attached hydrogens (tertiary/aromatic N) is 1. The van der Waals surface area contributed by atoms with E-state index in [1.807, 2.05) is 24.4 Å². The third-order valence-corrected chi connectivity index (χ3v) is 5.06. The molecule has 1 aliphatic rings. The lowest BCUT2D eigenvalue weighted by Gasteiger charge is -2.30. The van der Waals surface area contributed by atoms with Crippen molar-refractivity contribution in [2.75, 3.05) is 26.2 Å². The SMILES string of the molecule is CC1CCN(CCNC(=O)[C@@H](N)Cc2c[nH]c3ccccc23)CC1.Cl.Cl. The molecule has 7 heteroatoms. The predicted octanol–water partition coefficient (Wildman–Crippen LogP) is 2.73. The number of fused-ring (bicyclic) bond motifs is 1. The molecule has 1 amide bonds. The van der Waals surface area contributed by atoms with E-state index in [-0.39, 0.29) is 30.7 Å². The maximum atomic E-state index is 12.2. The summed E-state index contributed by atoms with van der Waals surface area (Å²) in [5.41, 5.74) is 8.28. The van der Waals surface area contributed by atoms with Gasteiger partial charge in [0, 0.05) is 30.2 Å². The van der Waals surface area contributed by atoms with Crippen molar-refractivity contribution in [1.29, 1.82) is 0 Å². The lowest BCUT2D eigenvalue weighted by Crippen LogP contribution is -2.45. The maximum absolute atomic E-state index is 12.2. The summed E-state index contributed by atoms with van der Waals surface area (Å²) in [7, 11) is 0. The molecule has 1 saturated heterocycles. The average molecular weight is 401 g/mol. The number of piperidine rings is 1. The number of nitrogens with one attached hydrogen (secondary N) is 2. The number of carbonyl (C=O) groups excluding carboxylic acids is 1. The Balaban J connectivity index is 0.00000169. The Kier molecular flexibility index (Phi) is 9.44. The number of carbonyl (C=O) groups is 1. The minimum absolute atomic E-state index is 0. The standard InChI is InChI=1S/C19H28N4O.2ClH/c1-14-6-9-23(10-7-14)11-8-21-19(24)17(20)12-15-13-22-18-5-3-2-4-16(15)18;;/h2-5,13-14,17,22H,6-12,20H2,1H3,(H,21,24);2*1H/t17-;;/m0../s1. The molecule has 0 saturated carbocycles. The van der Waals surface area contributed by atoms with E-state index in [1.54, 1.807) is 0 Å². The van der Waals surface area contributed by atoms with Gasteiger partial charge >= 0.3 is 0 Å². The highest BCUT2D eigenvalue weighted by atomic mass is 35.5. The third-order valence-electron chi connectivity index (χ3n) is 5.06. The largest absolute Gasteiger partial charge is 0.361 e. The molecule has 2 heterocycles. The van der Waals surface area contributed by atoms with Crippen molar-refractivity contribution >= 4 is 41.6 Å². The molecule has 1 aromatic carbocycles. The van der Waals surface area contributed by atoms with E-state index < -0.39 is 6.04 Å². The van der Waals surface area contributed by atoms with Gasteiger partial charge in [0.1, 0.15) is 0 Å². The van der Waals surface area contributed by atoms with Crippen LogP contribution in [-0.2, 0) is 11.2 Å². The van der Waals surface area contributed by atoms with Gasteiger partial charge in [0.25, 0.3) is 0 Å². The second-order valence-corrected chi connectivity index (χ2v) is 6.99. The zero-order valence-corrected chi connectivity index (χ0v) is 16.9. The van der Waals surface area contributed by atoms with Crippen molar-refractivity contribution in [2.24, 2.45) is 11.7 Å². The van der Waals surface area contributed by atoms with Gasteiger partial charge in [0.2, 0.25) is 5.91 Å². The minimum atomic E-state index is -0.509. The molecule has 146 valence electrons. The van der Waals surface area contributed by atoms with Crippen molar-refractivity contribution in [3.63, 3.8) is 0 Å². The lowest BCUT2D eigenvalue weighted by molar-refractivity contribution is -0.122. The van der Waals surface area contributed by atoms with E-state index in [2.05, 4.69) is 28.2 Å². The number of H-pyrrole nitrogens is 1. The summed E-state index contributed by atoms with van der Waals surface area (Å²) in [6.07, 6.45) is 5.02. The molecular formula is C19H30Cl2N4O. The third kappa shape index (κ3) is 5.88. The summed E-state index contributed by atoms with van der Waals surface area (Å²) in [4.78, 5) is 17.9. The number of likely N-dealkylation sites (tertiary alicyclic amines) is 1. The van der Waals surface area contributed by atoms with Crippen molar-refractivity contribution in [3.05, 3.63) is 36.0 Å². The van der Waals surface area contributed by atoms with E-state index >= 15 is 0 Å². The van der Waals surface area contributed by atoms with Crippen LogP contribution >= 0.6 is 24.8 Å². The number of para-hydroxylation sites is 1. The fraction of sp³-hybridized carbons (Fsp3) is 0.526. The summed E-state index contributed by atoms with van der Waals surface area (Å²) in [5, 5.41) is 4.13. The highest BCUT2D eigenvalue weighted by Gasteiger charge is 2.18. The normalized spacial score (nSPS) is 16.5. The van der Waals surface area contributed by atoms with Gasteiger partial charge in [-0.1, -0.05) is 25.1 Å². The van der Waals surface area contributed by atoms with Gasteiger partial charge in [-0.2, -0.15) is 0 Å². The van der Waals surface area contributed by atoms with Crippen molar-refractivity contribution in [1.82, 2.24) is 15.2 Å². The zero-order chi connectivity index (χ0) is 16.9. The van der Waals surface area contributed by atoms with Crippen LogP contribution in [0.1, 0.15) is 25.3 Å². The molecular weight excluding hydrogens is 371 g/mol. The second-order valence-electron chi connectivity index (χ2n) is 6.99. The quantitative estimate of drug-likeness (QED) is 0.697. The van der Waals surface area contributed by atoms with E-state index in [0.29, 0.717) is 13.0 Å². The van der Waals surface area contributed by atoms with Crippen LogP contribution in [0.3, 0.4) is 0 Å². The molecule has 1 fully saturated rings. The Labute approximate surface area is 167 Å². The van der Waals surface area contributed by atoms with Gasteiger partial charge in [-0.05, 0) is 49.9 Å². The van der Waals surface area contributed by atoms with Gasteiger partial charge in [-0.3, -0.25) is 4.79 Å². The number of amides is 1. The molecule has 2 aromatic rings. The van der Waals surface area contributed by atoms with Crippen molar-refractivity contribution in [2.45, 2.75) is 32.2 Å². The second kappa shape index (κ2) is 10.8. The average Bonchev–Trinajstić information content (AvgIpc) is 3.00. The van der Waals surface area contributed by atoms with Crippen LogP contribution in [0.25, 0.3) is 10.9 Å². The topological polar surface area (TPSA) is 74.2 Å². The number of rotatable bonds is 6. The molecule has 0 bridgehead atoms. The molecule has 3 rings (SSSR count). The molecule has 0 radical (unpaired) electrons. The summed E-state index contributed by atoms with van der Waals surface area (Å²) in [6.45, 7) is 6.17. The molecule has 4 N–H and O–H groups in total. The highest BCUT2D eigenvalue weighted by Crippen LogP contribution is 2.18. The van der Waals surface area contributed by atoms with Gasteiger partial charge in [-0.25, -0.2) is 0 Å². The maximum Gasteiger partial charge on any atom is 0.237 e. The van der Waals surface area contributed by atoms with Gasteiger partial charge in [0.05, 0.1) is 6.04 Å². The van der Waals surface area contributed by atoms with Crippen LogP contribution in [0.4, 0.5) is 0 Å². The first-order valence-corrected chi connectivity index (χ1v) is 8.94. The van der Waals surface area contributed by atoms with Gasteiger partial charge in [0.15, 0.2) is 0 Å². The van der Waals surface area contributed by atoms with Crippen LogP contribution < -0.4 is 11.1 Å². The van der Waals surface area contributed by atoms with Crippen LogP contribution in [0, 0.1) is 5.92 Å². The van der Waals surface area contributed by atoms with Crippen molar-refractivity contribution < 1.29 is 4.79 Å². The number of nitrogens with two attached hydrogens (primary N) is 1. The molecule has 1 aliphatic heterocycles. The fourth-order valence-electron chi connectivity index (χ4n) is 3.38. The van der Waals surface area contributed by atoms with Crippen LogP contribution in [0.5, 0.6) is 0 Å². The number of hydrogen-bond donors (Lipinski definition) is 3. The van der Waals surface area contributed by atoms with E-state index in [4.69, 9.17) is 5.73 Å². The Morgan fingerprint density at radius 3 is 2.73 bits per heavy atom. The molecule has 0 aliphatic carbocycles. The van der Waals surface area contributed by atoms with Crippen LogP contribution in [0.2, 0.25) is 0 Å². The molecule has 0 spiro atoms. The first kappa shape index (κ1) is 22.8. The smallest absolute Gasteiger partial charge is 0.237 e. The number of aromatic nitrogens is 1. The Bertz CT molecular complexity index is 683. The van der Waals surface area contributed by atoms with Gasteiger partial charge < -0.3 is 20.9 Å². The first-order valence-electron chi connectivity index (χ1n) is 8.94. The van der Waals surface area contributed by atoms with Crippen LogP contribution in [0.15, 0.2) is 30.5 Å². The number of benzene rings is 1. The van der Waals surface area contributed by atoms with Crippen molar-refractivity contribution in [3.8, 4) is 0 Å². The van der Waals surface area contributed by atoms with E-state index in [9.17, 15) is 4.79 Å². The first-order chi connectivity index (χ1) is 11.6. The Morgan fingerprint density at radius 2 is 2.00 bits per heavy atom. The minimum Gasteiger partial charge on any atom is -0.361 e. The fourth-order valence-corrected chi connectivity index (χ4v) is 3.38. The van der Waals surface area contributed by atoms with Crippen LogP contribution in [-0.4, -0.2) is 48.0 Å². The Hall–Kier alpha value is -1.27. The number of hydrogen-bond acceptors (Lipinski definition) is 3. The summed E-state index contributed by atoms with van der Waals surface area (Å²) in [6, 6.07) is 7.58. The summed E-state index contributed by atoms with van der Waals surface area (Å²) < 4.78 is 0. The highest BCUT2D eigenvalue weighted by molar-refractivity contribution is 5.86. The van der Waals surface area contributed by atoms with Gasteiger partial charge in [-0.15, -0.1) is 24.8 Å². The predicted molar refractivity (Wildman–Crippen MR) is 112 cm³/mol. The summed E-state index contributed by atoms with van der Waals surface area (Å²) in [5.74, 6) is 0.770. The summed E-state index contributed by atoms with van der Waals surface area (Å²) >= 11 is 0. The lowest BCUT2D eigenvalue weighted by atomic mass is 9.99. The molecule has 1 aromatic heterocycles.